The Bertz CT molecular complexity index is 684. The van der Waals surface area contributed by atoms with Crippen molar-refractivity contribution in [3.8, 4) is 0 Å². The lowest BCUT2D eigenvalue weighted by molar-refractivity contribution is 0.291. The molecule has 0 saturated heterocycles. The Morgan fingerprint density at radius 1 is 1.29 bits per heavy atom. The molecule has 2 aromatic heterocycles. The summed E-state index contributed by atoms with van der Waals surface area (Å²) >= 11 is 0. The summed E-state index contributed by atoms with van der Waals surface area (Å²) in [6.45, 7) is 5.51. The zero-order chi connectivity index (χ0) is 14.7. The van der Waals surface area contributed by atoms with E-state index < -0.39 is 0 Å². The Morgan fingerprint density at radius 2 is 2.14 bits per heavy atom. The summed E-state index contributed by atoms with van der Waals surface area (Å²) in [7, 11) is 0. The first-order valence-corrected chi connectivity index (χ1v) is 7.67. The van der Waals surface area contributed by atoms with Gasteiger partial charge in [0, 0.05) is 29.8 Å². The van der Waals surface area contributed by atoms with E-state index in [4.69, 9.17) is 0 Å². The first-order chi connectivity index (χ1) is 10.3. The molecule has 1 N–H and O–H groups in total. The van der Waals surface area contributed by atoms with Gasteiger partial charge in [-0.15, -0.1) is 5.10 Å². The average molecular weight is 282 g/mol. The molecule has 2 heterocycles. The van der Waals surface area contributed by atoms with Crippen molar-refractivity contribution < 1.29 is 0 Å². The van der Waals surface area contributed by atoms with Crippen LogP contribution in [0.1, 0.15) is 25.8 Å². The van der Waals surface area contributed by atoms with Gasteiger partial charge in [-0.05, 0) is 29.9 Å². The van der Waals surface area contributed by atoms with Gasteiger partial charge in [0.05, 0.1) is 6.20 Å². The SMILES string of the molecule is CCC(C)C(Cc1c[nH]c2ccccc12)Cn1ccnn1. The molecule has 4 nitrogen and oxygen atoms in total. The van der Waals surface area contributed by atoms with Crippen molar-refractivity contribution in [2.24, 2.45) is 11.8 Å². The highest BCUT2D eigenvalue weighted by molar-refractivity contribution is 5.83. The van der Waals surface area contributed by atoms with Crippen LogP contribution in [0.4, 0.5) is 0 Å². The van der Waals surface area contributed by atoms with Gasteiger partial charge >= 0.3 is 0 Å². The lowest BCUT2D eigenvalue weighted by atomic mass is 9.86. The molecule has 0 aliphatic heterocycles. The van der Waals surface area contributed by atoms with Crippen molar-refractivity contribution in [3.63, 3.8) is 0 Å². The van der Waals surface area contributed by atoms with Gasteiger partial charge in [0.25, 0.3) is 0 Å². The second-order valence-electron chi connectivity index (χ2n) is 5.83. The summed E-state index contributed by atoms with van der Waals surface area (Å²) in [6, 6.07) is 8.51. The maximum absolute atomic E-state index is 4.12. The molecule has 2 atom stereocenters. The van der Waals surface area contributed by atoms with E-state index in [1.165, 1.54) is 22.9 Å². The van der Waals surface area contributed by atoms with Gasteiger partial charge in [-0.1, -0.05) is 43.7 Å². The van der Waals surface area contributed by atoms with E-state index in [1.807, 2.05) is 10.9 Å². The van der Waals surface area contributed by atoms with E-state index in [1.54, 1.807) is 6.20 Å². The lowest BCUT2D eigenvalue weighted by Gasteiger charge is -2.22. The minimum Gasteiger partial charge on any atom is -0.361 e. The lowest BCUT2D eigenvalue weighted by Crippen LogP contribution is -2.21. The molecule has 0 radical (unpaired) electrons. The van der Waals surface area contributed by atoms with E-state index in [-0.39, 0.29) is 0 Å². The fourth-order valence-electron chi connectivity index (χ4n) is 2.93. The minimum atomic E-state index is 0.566. The first kappa shape index (κ1) is 13.9. The van der Waals surface area contributed by atoms with Crippen LogP contribution in [0.15, 0.2) is 42.9 Å². The second kappa shape index (κ2) is 6.12. The third kappa shape index (κ3) is 2.99. The van der Waals surface area contributed by atoms with Gasteiger partial charge in [0.2, 0.25) is 0 Å². The third-order valence-corrected chi connectivity index (χ3v) is 4.50. The van der Waals surface area contributed by atoms with Crippen LogP contribution in [-0.4, -0.2) is 20.0 Å². The quantitative estimate of drug-likeness (QED) is 0.750. The maximum atomic E-state index is 4.12. The maximum Gasteiger partial charge on any atom is 0.0692 e. The Morgan fingerprint density at radius 3 is 2.90 bits per heavy atom. The summed E-state index contributed by atoms with van der Waals surface area (Å²) in [5.74, 6) is 1.22. The van der Waals surface area contributed by atoms with Gasteiger partial charge in [0.15, 0.2) is 0 Å². The van der Waals surface area contributed by atoms with E-state index in [9.17, 15) is 0 Å². The number of aromatic nitrogens is 4. The first-order valence-electron chi connectivity index (χ1n) is 7.67. The van der Waals surface area contributed by atoms with Crippen molar-refractivity contribution >= 4 is 10.9 Å². The molecule has 2 unspecified atom stereocenters. The smallest absolute Gasteiger partial charge is 0.0692 e. The molecule has 3 aromatic rings. The number of para-hydroxylation sites is 1. The van der Waals surface area contributed by atoms with E-state index >= 15 is 0 Å². The Kier molecular flexibility index (Phi) is 4.04. The zero-order valence-corrected chi connectivity index (χ0v) is 12.7. The summed E-state index contributed by atoms with van der Waals surface area (Å²) in [4.78, 5) is 3.37. The fraction of sp³-hybridized carbons (Fsp3) is 0.412. The van der Waals surface area contributed by atoms with Crippen LogP contribution in [0.3, 0.4) is 0 Å². The Balaban J connectivity index is 1.83. The molecular weight excluding hydrogens is 260 g/mol. The molecule has 0 fully saturated rings. The molecule has 0 saturated carbocycles. The highest BCUT2D eigenvalue weighted by Gasteiger charge is 2.19. The molecule has 0 amide bonds. The van der Waals surface area contributed by atoms with Crippen molar-refractivity contribution in [1.82, 2.24) is 20.0 Å². The molecule has 3 rings (SSSR count). The van der Waals surface area contributed by atoms with Crippen LogP contribution in [-0.2, 0) is 13.0 Å². The normalized spacial score (nSPS) is 14.4. The molecule has 0 bridgehead atoms. The number of H-pyrrole nitrogens is 1. The van der Waals surface area contributed by atoms with E-state index in [2.05, 4.69) is 59.6 Å². The second-order valence-corrected chi connectivity index (χ2v) is 5.83. The number of aromatic amines is 1. The number of nitrogens with zero attached hydrogens (tertiary/aromatic N) is 3. The molecule has 0 aliphatic rings. The van der Waals surface area contributed by atoms with Crippen molar-refractivity contribution in [2.75, 3.05) is 0 Å². The van der Waals surface area contributed by atoms with Crippen molar-refractivity contribution in [2.45, 2.75) is 33.2 Å². The fourth-order valence-corrected chi connectivity index (χ4v) is 2.93. The van der Waals surface area contributed by atoms with Crippen LogP contribution in [0.5, 0.6) is 0 Å². The van der Waals surface area contributed by atoms with Crippen LogP contribution >= 0.6 is 0 Å². The molecule has 0 spiro atoms. The van der Waals surface area contributed by atoms with E-state index in [0.29, 0.717) is 11.8 Å². The van der Waals surface area contributed by atoms with E-state index in [0.717, 1.165) is 13.0 Å². The largest absolute Gasteiger partial charge is 0.361 e. The molecule has 110 valence electrons. The van der Waals surface area contributed by atoms with Crippen LogP contribution in [0.2, 0.25) is 0 Å². The molecule has 0 aliphatic carbocycles. The van der Waals surface area contributed by atoms with Crippen LogP contribution in [0, 0.1) is 11.8 Å². The van der Waals surface area contributed by atoms with Crippen molar-refractivity contribution in [3.05, 3.63) is 48.4 Å². The van der Waals surface area contributed by atoms with Gasteiger partial charge in [-0.2, -0.15) is 0 Å². The van der Waals surface area contributed by atoms with Gasteiger partial charge in [0.1, 0.15) is 0 Å². The summed E-state index contributed by atoms with van der Waals surface area (Å²) in [5, 5.41) is 9.37. The number of rotatable bonds is 6. The number of benzene rings is 1. The number of fused-ring (bicyclic) bond motifs is 1. The molecular formula is C17H22N4. The minimum absolute atomic E-state index is 0.566. The van der Waals surface area contributed by atoms with Gasteiger partial charge in [-0.3, -0.25) is 4.68 Å². The van der Waals surface area contributed by atoms with Gasteiger partial charge < -0.3 is 4.98 Å². The highest BCUT2D eigenvalue weighted by Crippen LogP contribution is 2.26. The topological polar surface area (TPSA) is 46.5 Å². The zero-order valence-electron chi connectivity index (χ0n) is 12.7. The van der Waals surface area contributed by atoms with Crippen LogP contribution < -0.4 is 0 Å². The molecule has 4 heteroatoms. The standard InChI is InChI=1S/C17H22N4/c1-3-13(2)15(12-21-9-8-19-20-21)10-14-11-18-17-7-5-4-6-16(14)17/h4-9,11,13,15,18H,3,10,12H2,1-2H3. The Labute approximate surface area is 125 Å². The summed E-state index contributed by atoms with van der Waals surface area (Å²) in [5.41, 5.74) is 2.62. The van der Waals surface area contributed by atoms with Gasteiger partial charge in [-0.25, -0.2) is 0 Å². The highest BCUT2D eigenvalue weighted by atomic mass is 15.4. The number of hydrogen-bond donors (Lipinski definition) is 1. The summed E-state index contributed by atoms with van der Waals surface area (Å²) < 4.78 is 1.95. The predicted octanol–water partition coefficient (Wildman–Crippen LogP) is 3.66. The number of hydrogen-bond acceptors (Lipinski definition) is 2. The Hall–Kier alpha value is -2.10. The molecule has 21 heavy (non-hydrogen) atoms. The third-order valence-electron chi connectivity index (χ3n) is 4.50. The molecule has 1 aromatic carbocycles. The summed E-state index contributed by atoms with van der Waals surface area (Å²) in [6.07, 6.45) is 8.10. The van der Waals surface area contributed by atoms with Crippen molar-refractivity contribution in [1.29, 1.82) is 0 Å². The monoisotopic (exact) mass is 282 g/mol. The predicted molar refractivity (Wildman–Crippen MR) is 85.0 cm³/mol. The average Bonchev–Trinajstić information content (AvgIpc) is 3.16. The number of nitrogens with one attached hydrogen (secondary N) is 1. The van der Waals surface area contributed by atoms with Crippen LogP contribution in [0.25, 0.3) is 10.9 Å².